The van der Waals surface area contributed by atoms with Crippen molar-refractivity contribution in [3.05, 3.63) is 59.5 Å². The van der Waals surface area contributed by atoms with Crippen molar-refractivity contribution >= 4 is 40.8 Å². The van der Waals surface area contributed by atoms with E-state index < -0.39 is 0 Å². The van der Waals surface area contributed by atoms with E-state index in [1.165, 1.54) is 27.6 Å². The third-order valence-electron chi connectivity index (χ3n) is 4.35. The van der Waals surface area contributed by atoms with Crippen LogP contribution in [-0.2, 0) is 20.0 Å². The van der Waals surface area contributed by atoms with Gasteiger partial charge in [-0.1, -0.05) is 18.2 Å². The maximum absolute atomic E-state index is 4.67. The number of aliphatic imine (C=N–C) groups is 1. The number of para-hydroxylation sites is 1. The summed E-state index contributed by atoms with van der Waals surface area (Å²) in [5.74, 6) is 0.863. The Labute approximate surface area is 172 Å². The summed E-state index contributed by atoms with van der Waals surface area (Å²) in [6.45, 7) is 6.61. The van der Waals surface area contributed by atoms with Gasteiger partial charge in [-0.15, -0.1) is 24.0 Å². The molecule has 3 N–H and O–H groups in total. The van der Waals surface area contributed by atoms with Crippen molar-refractivity contribution in [3.8, 4) is 0 Å². The molecule has 3 rings (SSSR count). The third-order valence-corrected chi connectivity index (χ3v) is 4.35. The molecule has 0 aliphatic carbocycles. The number of rotatable bonds is 6. The summed E-state index contributed by atoms with van der Waals surface area (Å²) in [5, 5.41) is 8.06. The Morgan fingerprint density at radius 1 is 1.23 bits per heavy atom. The highest BCUT2D eigenvalue weighted by Crippen LogP contribution is 2.21. The molecule has 0 aliphatic heterocycles. The number of halogens is 1. The molecular weight excluding hydrogens is 437 g/mol. The topological polar surface area (TPSA) is 57.1 Å². The zero-order valence-corrected chi connectivity index (χ0v) is 18.0. The summed E-state index contributed by atoms with van der Waals surface area (Å²) < 4.78 is 2.05. The number of aromatic nitrogens is 2. The lowest BCUT2D eigenvalue weighted by Gasteiger charge is -2.11. The quantitative estimate of drug-likeness (QED) is 0.295. The molecule has 6 heteroatoms. The monoisotopic (exact) mass is 465 g/mol. The zero-order chi connectivity index (χ0) is 17.6. The number of nitrogens with one attached hydrogen (secondary N) is 3. The lowest BCUT2D eigenvalue weighted by molar-refractivity contribution is 0.801. The van der Waals surface area contributed by atoms with Gasteiger partial charge in [0.15, 0.2) is 5.96 Å². The van der Waals surface area contributed by atoms with E-state index in [1.54, 1.807) is 0 Å². The fourth-order valence-corrected chi connectivity index (χ4v) is 3.05. The number of hydrogen-bond acceptors (Lipinski definition) is 1. The second-order valence-electron chi connectivity index (χ2n) is 6.37. The summed E-state index contributed by atoms with van der Waals surface area (Å²) in [4.78, 5) is 8.06. The Morgan fingerprint density at radius 2 is 2.08 bits per heavy atom. The van der Waals surface area contributed by atoms with Crippen molar-refractivity contribution in [1.82, 2.24) is 20.2 Å². The first-order valence-corrected chi connectivity index (χ1v) is 8.86. The average molecular weight is 465 g/mol. The molecule has 0 aliphatic rings. The first-order chi connectivity index (χ1) is 12.2. The standard InChI is InChI=1S/C20H27N5.HI/c1-4-21-20(24-12-16-9-11-25(3)14-16)22-10-8-17-13-23-19-15(2)6-5-7-18(17)19;/h5-7,9,11,13-14,23H,4,8,10,12H2,1-3H3,(H2,21,22,24);1H. The number of guanidine groups is 1. The molecule has 0 amide bonds. The Balaban J connectivity index is 0.00000243. The molecule has 2 heterocycles. The lowest BCUT2D eigenvalue weighted by Crippen LogP contribution is -2.38. The van der Waals surface area contributed by atoms with Crippen LogP contribution in [0.2, 0.25) is 0 Å². The van der Waals surface area contributed by atoms with Gasteiger partial charge in [0.1, 0.15) is 0 Å². The molecule has 0 spiro atoms. The second-order valence-corrected chi connectivity index (χ2v) is 6.37. The molecule has 1 aromatic carbocycles. The zero-order valence-electron chi connectivity index (χ0n) is 15.7. The summed E-state index contributed by atoms with van der Waals surface area (Å²) in [6.07, 6.45) is 7.22. The molecule has 0 bridgehead atoms. The Kier molecular flexibility index (Phi) is 7.56. The van der Waals surface area contributed by atoms with Crippen molar-refractivity contribution in [3.63, 3.8) is 0 Å². The van der Waals surface area contributed by atoms with Gasteiger partial charge >= 0.3 is 0 Å². The first kappa shape index (κ1) is 20.4. The van der Waals surface area contributed by atoms with E-state index >= 15 is 0 Å². The number of benzene rings is 1. The predicted octanol–water partition coefficient (Wildman–Crippen LogP) is 3.73. The summed E-state index contributed by atoms with van der Waals surface area (Å²) in [7, 11) is 2.03. The maximum atomic E-state index is 4.67. The minimum Gasteiger partial charge on any atom is -0.361 e. The minimum absolute atomic E-state index is 0. The van der Waals surface area contributed by atoms with Crippen LogP contribution in [0.15, 0.2) is 47.8 Å². The van der Waals surface area contributed by atoms with Crippen LogP contribution in [0.3, 0.4) is 0 Å². The molecule has 0 unspecified atom stereocenters. The van der Waals surface area contributed by atoms with E-state index in [9.17, 15) is 0 Å². The van der Waals surface area contributed by atoms with E-state index in [4.69, 9.17) is 0 Å². The van der Waals surface area contributed by atoms with Crippen LogP contribution in [0, 0.1) is 6.92 Å². The third kappa shape index (κ3) is 5.03. The fraction of sp³-hybridized carbons (Fsp3) is 0.350. The summed E-state index contributed by atoms with van der Waals surface area (Å²) in [6, 6.07) is 8.54. The van der Waals surface area contributed by atoms with E-state index in [2.05, 4.69) is 71.1 Å². The van der Waals surface area contributed by atoms with Gasteiger partial charge in [0.25, 0.3) is 0 Å². The van der Waals surface area contributed by atoms with Gasteiger partial charge in [0, 0.05) is 49.6 Å². The van der Waals surface area contributed by atoms with Gasteiger partial charge in [-0.05, 0) is 43.0 Å². The van der Waals surface area contributed by atoms with Crippen molar-refractivity contribution in [2.75, 3.05) is 13.1 Å². The predicted molar refractivity (Wildman–Crippen MR) is 120 cm³/mol. The van der Waals surface area contributed by atoms with E-state index in [0.29, 0.717) is 6.54 Å². The molecule has 2 aromatic heterocycles. The van der Waals surface area contributed by atoms with Crippen LogP contribution in [0.25, 0.3) is 10.9 Å². The summed E-state index contributed by atoms with van der Waals surface area (Å²) >= 11 is 0. The van der Waals surface area contributed by atoms with Crippen molar-refractivity contribution in [2.24, 2.45) is 12.0 Å². The maximum Gasteiger partial charge on any atom is 0.191 e. The van der Waals surface area contributed by atoms with Gasteiger partial charge in [0.05, 0.1) is 6.54 Å². The average Bonchev–Trinajstić information content (AvgIpc) is 3.20. The highest BCUT2D eigenvalue weighted by Gasteiger charge is 2.05. The second kappa shape index (κ2) is 9.66. The number of hydrogen-bond donors (Lipinski definition) is 3. The molecule has 3 aromatic rings. The van der Waals surface area contributed by atoms with Gasteiger partial charge < -0.3 is 20.2 Å². The van der Waals surface area contributed by atoms with Crippen LogP contribution in [0.4, 0.5) is 0 Å². The molecular formula is C20H28IN5. The molecule has 0 saturated heterocycles. The van der Waals surface area contributed by atoms with Crippen molar-refractivity contribution in [2.45, 2.75) is 26.8 Å². The van der Waals surface area contributed by atoms with E-state index in [-0.39, 0.29) is 24.0 Å². The molecule has 0 saturated carbocycles. The fourth-order valence-electron chi connectivity index (χ4n) is 3.05. The smallest absolute Gasteiger partial charge is 0.191 e. The Hall–Kier alpha value is -1.96. The Bertz CT molecular complexity index is 862. The number of aryl methyl sites for hydroxylation is 2. The van der Waals surface area contributed by atoms with E-state index in [0.717, 1.165) is 25.5 Å². The van der Waals surface area contributed by atoms with Gasteiger partial charge in [-0.3, -0.25) is 0 Å². The Morgan fingerprint density at radius 3 is 2.81 bits per heavy atom. The number of fused-ring (bicyclic) bond motifs is 1. The van der Waals surface area contributed by atoms with Crippen LogP contribution >= 0.6 is 24.0 Å². The molecule has 140 valence electrons. The van der Waals surface area contributed by atoms with Gasteiger partial charge in [-0.2, -0.15) is 0 Å². The molecule has 0 radical (unpaired) electrons. The SMILES string of the molecule is CCNC(=NCc1ccn(C)c1)NCCc1c[nH]c2c(C)cccc12.I. The van der Waals surface area contributed by atoms with Crippen LogP contribution in [-0.4, -0.2) is 28.6 Å². The highest BCUT2D eigenvalue weighted by atomic mass is 127. The highest BCUT2D eigenvalue weighted by molar-refractivity contribution is 14.0. The molecule has 5 nitrogen and oxygen atoms in total. The molecule has 0 fully saturated rings. The van der Waals surface area contributed by atoms with Gasteiger partial charge in [-0.25, -0.2) is 4.99 Å². The summed E-state index contributed by atoms with van der Waals surface area (Å²) in [5.41, 5.74) is 5.08. The molecule has 26 heavy (non-hydrogen) atoms. The normalized spacial score (nSPS) is 11.4. The van der Waals surface area contributed by atoms with Crippen LogP contribution < -0.4 is 10.6 Å². The van der Waals surface area contributed by atoms with Crippen molar-refractivity contribution in [1.29, 1.82) is 0 Å². The lowest BCUT2D eigenvalue weighted by atomic mass is 10.1. The van der Waals surface area contributed by atoms with E-state index in [1.807, 2.05) is 17.8 Å². The number of aromatic amines is 1. The minimum atomic E-state index is 0. The number of nitrogens with zero attached hydrogens (tertiary/aromatic N) is 2. The van der Waals surface area contributed by atoms with Crippen LogP contribution in [0.5, 0.6) is 0 Å². The first-order valence-electron chi connectivity index (χ1n) is 8.86. The molecule has 0 atom stereocenters. The number of H-pyrrole nitrogens is 1. The van der Waals surface area contributed by atoms with Crippen LogP contribution in [0.1, 0.15) is 23.6 Å². The largest absolute Gasteiger partial charge is 0.361 e. The van der Waals surface area contributed by atoms with Gasteiger partial charge in [0.2, 0.25) is 0 Å². The van der Waals surface area contributed by atoms with Crippen molar-refractivity contribution < 1.29 is 0 Å².